The molecule has 0 aromatic rings. The molecule has 8 N–H and O–H groups in total. The molecule has 0 amide bonds. The van der Waals surface area contributed by atoms with Crippen LogP contribution in [-0.2, 0) is 0 Å². The first-order chi connectivity index (χ1) is 8.42. The van der Waals surface area contributed by atoms with Gasteiger partial charge in [-0.05, 0) is 0 Å². The third-order valence-electron chi connectivity index (χ3n) is 3.87. The van der Waals surface area contributed by atoms with Gasteiger partial charge in [0.1, 0.15) is 12.1 Å². The minimum absolute atomic E-state index is 0.0859. The molecule has 0 aromatic carbocycles. The first-order valence-corrected chi connectivity index (χ1v) is 5.70. The fourth-order valence-electron chi connectivity index (χ4n) is 3.07. The molecule has 100 valence electrons. The molecule has 0 bridgehead atoms. The highest BCUT2D eigenvalue weighted by molar-refractivity contribution is 5.87. The molecule has 0 radical (unpaired) electrons. The van der Waals surface area contributed by atoms with Crippen LogP contribution in [-0.4, -0.2) is 68.8 Å². The van der Waals surface area contributed by atoms with Crippen molar-refractivity contribution in [1.82, 2.24) is 10.2 Å². The summed E-state index contributed by atoms with van der Waals surface area (Å²) < 4.78 is 0. The van der Waals surface area contributed by atoms with E-state index in [2.05, 4.69) is 15.3 Å². The number of aliphatic hydroxyl groups excluding tert-OH is 1. The molecule has 0 aliphatic carbocycles. The summed E-state index contributed by atoms with van der Waals surface area (Å²) in [6.07, 6.45) is 0.0909. The lowest BCUT2D eigenvalue weighted by Crippen LogP contribution is -2.76. The maximum Gasteiger partial charge on any atom is 0.210 e. The second-order valence-electron chi connectivity index (χ2n) is 4.81. The lowest BCUT2D eigenvalue weighted by Gasteiger charge is -2.48. The van der Waals surface area contributed by atoms with Crippen molar-refractivity contribution >= 4 is 11.9 Å². The molecule has 3 aliphatic rings. The molecule has 1 spiro atoms. The van der Waals surface area contributed by atoms with Crippen molar-refractivity contribution in [2.24, 2.45) is 21.5 Å². The van der Waals surface area contributed by atoms with Gasteiger partial charge >= 0.3 is 0 Å². The smallest absolute Gasteiger partial charge is 0.210 e. The Morgan fingerprint density at radius 3 is 2.78 bits per heavy atom. The molecule has 18 heavy (non-hydrogen) atoms. The van der Waals surface area contributed by atoms with Crippen LogP contribution in [0.15, 0.2) is 9.98 Å². The average Bonchev–Trinajstić information content (AvgIpc) is 2.77. The normalized spacial score (nSPS) is 40.7. The van der Waals surface area contributed by atoms with Gasteiger partial charge in [0, 0.05) is 13.0 Å². The first-order valence-electron chi connectivity index (χ1n) is 5.70. The van der Waals surface area contributed by atoms with Crippen molar-refractivity contribution < 1.29 is 15.3 Å². The molecule has 3 rings (SSSR count). The lowest BCUT2D eigenvalue weighted by molar-refractivity contribution is -0.221. The fourth-order valence-corrected chi connectivity index (χ4v) is 3.07. The van der Waals surface area contributed by atoms with Crippen LogP contribution in [0.3, 0.4) is 0 Å². The van der Waals surface area contributed by atoms with Crippen molar-refractivity contribution in [1.29, 1.82) is 0 Å². The van der Waals surface area contributed by atoms with Gasteiger partial charge in [-0.15, -0.1) is 0 Å². The van der Waals surface area contributed by atoms with Gasteiger partial charge in [-0.25, -0.2) is 9.98 Å². The van der Waals surface area contributed by atoms with E-state index in [-0.39, 0.29) is 24.9 Å². The highest BCUT2D eigenvalue weighted by Gasteiger charge is 2.69. The molecular formula is C9H16N6O3. The molecule has 9 heteroatoms. The summed E-state index contributed by atoms with van der Waals surface area (Å²) in [5, 5.41) is 32.6. The molecule has 1 unspecified atom stereocenters. The molecule has 0 aromatic heterocycles. The van der Waals surface area contributed by atoms with Crippen molar-refractivity contribution in [3.8, 4) is 0 Å². The number of hydrogen-bond acceptors (Lipinski definition) is 9. The number of nitrogens with zero attached hydrogens (tertiary/aromatic N) is 3. The van der Waals surface area contributed by atoms with Crippen molar-refractivity contribution in [3.63, 3.8) is 0 Å². The molecule has 0 saturated carbocycles. The summed E-state index contributed by atoms with van der Waals surface area (Å²) in [4.78, 5) is 9.80. The molecule has 1 saturated heterocycles. The van der Waals surface area contributed by atoms with E-state index in [1.165, 1.54) is 0 Å². The largest absolute Gasteiger partial charge is 0.394 e. The van der Waals surface area contributed by atoms with Crippen LogP contribution < -0.4 is 16.8 Å². The van der Waals surface area contributed by atoms with E-state index >= 15 is 0 Å². The van der Waals surface area contributed by atoms with E-state index in [0.29, 0.717) is 6.54 Å². The van der Waals surface area contributed by atoms with Crippen LogP contribution in [0, 0.1) is 0 Å². The van der Waals surface area contributed by atoms with Crippen LogP contribution >= 0.6 is 0 Å². The Labute approximate surface area is 103 Å². The third kappa shape index (κ3) is 1.11. The SMILES string of the molecule is NC1=N[C@H]2[C@H](CO)N=C(N)N3CCC(O)(O)C23N1. The maximum atomic E-state index is 10.2. The molecule has 9 nitrogen and oxygen atoms in total. The predicted octanol–water partition coefficient (Wildman–Crippen LogP) is -3.95. The highest BCUT2D eigenvalue weighted by Crippen LogP contribution is 2.44. The van der Waals surface area contributed by atoms with Gasteiger partial charge in [-0.3, -0.25) is 0 Å². The topological polar surface area (TPSA) is 153 Å². The first kappa shape index (κ1) is 11.5. The molecule has 3 aliphatic heterocycles. The van der Waals surface area contributed by atoms with E-state index in [9.17, 15) is 15.3 Å². The van der Waals surface area contributed by atoms with Gasteiger partial charge in [0.2, 0.25) is 5.79 Å². The zero-order valence-electron chi connectivity index (χ0n) is 9.61. The van der Waals surface area contributed by atoms with Crippen LogP contribution in [0.1, 0.15) is 6.42 Å². The van der Waals surface area contributed by atoms with Gasteiger partial charge in [-0.2, -0.15) is 0 Å². The van der Waals surface area contributed by atoms with Gasteiger partial charge in [-0.1, -0.05) is 0 Å². The van der Waals surface area contributed by atoms with Gasteiger partial charge in [0.15, 0.2) is 17.6 Å². The standard InChI is InChI=1S/C9H16N6O3/c10-6-13-5-4(3-16)12-7(11)15-2-1-8(17,18)9(5,15)14-6/h4-5,16-18H,1-3H2,(H2,11,12)(H3,10,13,14)/t4-,5-,9?/m0/s1. The number of nitrogens with two attached hydrogens (primary N) is 2. The second kappa shape index (κ2) is 3.25. The number of nitrogens with one attached hydrogen (secondary N) is 1. The maximum absolute atomic E-state index is 10.2. The summed E-state index contributed by atoms with van der Waals surface area (Å²) in [7, 11) is 0. The third-order valence-corrected chi connectivity index (χ3v) is 3.87. The van der Waals surface area contributed by atoms with Crippen molar-refractivity contribution in [2.75, 3.05) is 13.2 Å². The summed E-state index contributed by atoms with van der Waals surface area (Å²) in [6, 6.07) is -1.33. The lowest BCUT2D eigenvalue weighted by atomic mass is 9.87. The Balaban J connectivity index is 2.15. The van der Waals surface area contributed by atoms with Gasteiger partial charge in [0.05, 0.1) is 6.61 Å². The Kier molecular flexibility index (Phi) is 2.08. The Hall–Kier alpha value is -1.58. The summed E-state index contributed by atoms with van der Waals surface area (Å²) in [6.45, 7) is 0.0300. The van der Waals surface area contributed by atoms with E-state index < -0.39 is 23.5 Å². The van der Waals surface area contributed by atoms with Crippen LogP contribution in [0.5, 0.6) is 0 Å². The van der Waals surface area contributed by atoms with E-state index in [1.54, 1.807) is 4.90 Å². The number of aliphatic hydroxyl groups is 3. The quantitative estimate of drug-likeness (QED) is 0.262. The Bertz CT molecular complexity index is 450. The molecular weight excluding hydrogens is 240 g/mol. The van der Waals surface area contributed by atoms with E-state index in [4.69, 9.17) is 11.5 Å². The number of aliphatic imine (C=N–C) groups is 2. The number of hydrogen-bond donors (Lipinski definition) is 6. The summed E-state index contributed by atoms with van der Waals surface area (Å²) >= 11 is 0. The molecule has 1 fully saturated rings. The second-order valence-corrected chi connectivity index (χ2v) is 4.81. The summed E-state index contributed by atoms with van der Waals surface area (Å²) in [5.41, 5.74) is 10.1. The van der Waals surface area contributed by atoms with Gasteiger partial charge < -0.3 is 37.0 Å². The Morgan fingerprint density at radius 2 is 2.11 bits per heavy atom. The zero-order chi connectivity index (χ0) is 13.1. The number of rotatable bonds is 1. The van der Waals surface area contributed by atoms with Crippen LogP contribution in [0.4, 0.5) is 0 Å². The monoisotopic (exact) mass is 256 g/mol. The average molecular weight is 256 g/mol. The van der Waals surface area contributed by atoms with Crippen LogP contribution in [0.25, 0.3) is 0 Å². The van der Waals surface area contributed by atoms with Crippen molar-refractivity contribution in [2.45, 2.75) is 30.0 Å². The zero-order valence-corrected chi connectivity index (χ0v) is 9.61. The van der Waals surface area contributed by atoms with Gasteiger partial charge in [0.25, 0.3) is 0 Å². The summed E-state index contributed by atoms with van der Waals surface area (Å²) in [5.74, 6) is -1.81. The van der Waals surface area contributed by atoms with E-state index in [0.717, 1.165) is 0 Å². The predicted molar refractivity (Wildman–Crippen MR) is 62.3 cm³/mol. The van der Waals surface area contributed by atoms with Crippen LogP contribution in [0.2, 0.25) is 0 Å². The van der Waals surface area contributed by atoms with E-state index in [1.807, 2.05) is 0 Å². The minimum Gasteiger partial charge on any atom is -0.394 e. The molecule has 3 atom stereocenters. The molecule has 3 heterocycles. The Morgan fingerprint density at radius 1 is 1.39 bits per heavy atom. The number of guanidine groups is 2. The minimum atomic E-state index is -2.05. The van der Waals surface area contributed by atoms with Crippen molar-refractivity contribution in [3.05, 3.63) is 0 Å². The highest BCUT2D eigenvalue weighted by atomic mass is 16.5. The fraction of sp³-hybridized carbons (Fsp3) is 0.778.